The molecule has 1 aliphatic rings. The summed E-state index contributed by atoms with van der Waals surface area (Å²) in [5, 5.41) is 15.6. The van der Waals surface area contributed by atoms with Gasteiger partial charge in [-0.05, 0) is 32.4 Å². The van der Waals surface area contributed by atoms with E-state index in [4.69, 9.17) is 24.2 Å². The second kappa shape index (κ2) is 10.4. The Kier molecular flexibility index (Phi) is 7.29. The van der Waals surface area contributed by atoms with Crippen LogP contribution in [0.3, 0.4) is 0 Å². The number of hydrogen-bond acceptors (Lipinski definition) is 8. The molecule has 3 aromatic rings. The minimum atomic E-state index is -0.509. The Morgan fingerprint density at radius 3 is 2.58 bits per heavy atom. The van der Waals surface area contributed by atoms with Crippen molar-refractivity contribution in [1.82, 2.24) is 19.7 Å². The molecule has 2 aromatic heterocycles. The van der Waals surface area contributed by atoms with E-state index in [9.17, 15) is 5.11 Å². The molecule has 9 nitrogen and oxygen atoms in total. The van der Waals surface area contributed by atoms with Crippen molar-refractivity contribution in [3.8, 4) is 22.9 Å². The standard InChI is InChI=1S/C24H33N5O4/c1-5-6-18(30)15-33-20-12-17(11-19(13-20)31-4)22-26-23(28-7-9-32-10-8-28)21-14-25-29(16(2)3)24(21)27-22/h11-14,16,18,30H,5-10,15H2,1-4H3. The third-order valence-corrected chi connectivity index (χ3v) is 5.67. The maximum absolute atomic E-state index is 10.1. The van der Waals surface area contributed by atoms with Crippen LogP contribution in [0.5, 0.6) is 11.5 Å². The smallest absolute Gasteiger partial charge is 0.164 e. The van der Waals surface area contributed by atoms with Crippen LogP contribution in [0.2, 0.25) is 0 Å². The number of nitrogens with zero attached hydrogens (tertiary/aromatic N) is 5. The minimum Gasteiger partial charge on any atom is -0.497 e. The van der Waals surface area contributed by atoms with E-state index in [0.29, 0.717) is 37.0 Å². The Hall–Kier alpha value is -2.91. The number of aliphatic hydroxyl groups is 1. The van der Waals surface area contributed by atoms with Crippen LogP contribution < -0.4 is 14.4 Å². The number of aromatic nitrogens is 4. The van der Waals surface area contributed by atoms with E-state index in [2.05, 4.69) is 23.8 Å². The molecule has 4 rings (SSSR count). The molecule has 0 amide bonds. The number of aliphatic hydroxyl groups excluding tert-OH is 1. The van der Waals surface area contributed by atoms with Crippen LogP contribution in [0.1, 0.15) is 39.7 Å². The molecule has 33 heavy (non-hydrogen) atoms. The van der Waals surface area contributed by atoms with Gasteiger partial charge < -0.3 is 24.2 Å². The first-order valence-corrected chi connectivity index (χ1v) is 11.6. The van der Waals surface area contributed by atoms with Crippen molar-refractivity contribution in [2.24, 2.45) is 0 Å². The monoisotopic (exact) mass is 455 g/mol. The molecule has 3 heterocycles. The van der Waals surface area contributed by atoms with Gasteiger partial charge in [-0.1, -0.05) is 13.3 Å². The van der Waals surface area contributed by atoms with E-state index in [-0.39, 0.29) is 12.6 Å². The van der Waals surface area contributed by atoms with Gasteiger partial charge in [0.25, 0.3) is 0 Å². The molecule has 0 radical (unpaired) electrons. The van der Waals surface area contributed by atoms with Crippen LogP contribution in [0, 0.1) is 0 Å². The van der Waals surface area contributed by atoms with E-state index in [1.54, 1.807) is 7.11 Å². The number of methoxy groups -OCH3 is 1. The summed E-state index contributed by atoms with van der Waals surface area (Å²) < 4.78 is 18.8. The Labute approximate surface area is 194 Å². The van der Waals surface area contributed by atoms with Gasteiger partial charge in [-0.15, -0.1) is 0 Å². The maximum Gasteiger partial charge on any atom is 0.164 e. The Bertz CT molecular complexity index is 1080. The second-order valence-electron chi connectivity index (χ2n) is 8.54. The number of fused-ring (bicyclic) bond motifs is 1. The summed E-state index contributed by atoms with van der Waals surface area (Å²) in [4.78, 5) is 12.1. The first kappa shape index (κ1) is 23.3. The largest absolute Gasteiger partial charge is 0.497 e. The van der Waals surface area contributed by atoms with Gasteiger partial charge in [-0.2, -0.15) is 5.10 Å². The van der Waals surface area contributed by atoms with Crippen LogP contribution in [-0.4, -0.2) is 71.0 Å². The molecular weight excluding hydrogens is 422 g/mol. The molecule has 1 atom stereocenters. The van der Waals surface area contributed by atoms with E-state index in [1.165, 1.54) is 0 Å². The molecule has 1 aromatic carbocycles. The molecule has 9 heteroatoms. The summed E-state index contributed by atoms with van der Waals surface area (Å²) in [5.41, 5.74) is 1.57. The quantitative estimate of drug-likeness (QED) is 0.524. The third-order valence-electron chi connectivity index (χ3n) is 5.67. The SMILES string of the molecule is CCCC(O)COc1cc(OC)cc(-c2nc(N3CCOCC3)c3cnn(C(C)C)c3n2)c1. The Morgan fingerprint density at radius 1 is 1.12 bits per heavy atom. The van der Waals surface area contributed by atoms with Gasteiger partial charge in [0.05, 0.1) is 38.0 Å². The number of benzene rings is 1. The average molecular weight is 456 g/mol. The van der Waals surface area contributed by atoms with Crippen molar-refractivity contribution in [2.75, 3.05) is 44.9 Å². The van der Waals surface area contributed by atoms with Crippen molar-refractivity contribution in [3.63, 3.8) is 0 Å². The zero-order valence-corrected chi connectivity index (χ0v) is 19.8. The van der Waals surface area contributed by atoms with Crippen molar-refractivity contribution < 1.29 is 19.3 Å². The van der Waals surface area contributed by atoms with Gasteiger partial charge in [0.1, 0.15) is 23.9 Å². The Balaban J connectivity index is 1.78. The second-order valence-corrected chi connectivity index (χ2v) is 8.54. The summed E-state index contributed by atoms with van der Waals surface area (Å²) in [6.07, 6.45) is 2.93. The lowest BCUT2D eigenvalue weighted by molar-refractivity contribution is 0.0992. The van der Waals surface area contributed by atoms with Gasteiger partial charge in [0.15, 0.2) is 11.5 Å². The summed E-state index contributed by atoms with van der Waals surface area (Å²) in [7, 11) is 1.62. The average Bonchev–Trinajstić information content (AvgIpc) is 3.27. The number of ether oxygens (including phenoxy) is 3. The molecule has 1 aliphatic heterocycles. The molecule has 0 saturated carbocycles. The van der Waals surface area contributed by atoms with E-state index >= 15 is 0 Å². The summed E-state index contributed by atoms with van der Waals surface area (Å²) in [5.74, 6) is 2.67. The first-order chi connectivity index (χ1) is 16.0. The molecule has 1 saturated heterocycles. The van der Waals surface area contributed by atoms with Crippen LogP contribution in [-0.2, 0) is 4.74 Å². The van der Waals surface area contributed by atoms with Crippen LogP contribution in [0.4, 0.5) is 5.82 Å². The molecular formula is C24H33N5O4. The van der Waals surface area contributed by atoms with E-state index < -0.39 is 6.10 Å². The summed E-state index contributed by atoms with van der Waals surface area (Å²) in [6, 6.07) is 5.76. The normalized spacial score (nSPS) is 15.3. The highest BCUT2D eigenvalue weighted by molar-refractivity contribution is 5.89. The number of rotatable bonds is 9. The first-order valence-electron chi connectivity index (χ1n) is 11.6. The fourth-order valence-electron chi connectivity index (χ4n) is 3.95. The lowest BCUT2D eigenvalue weighted by atomic mass is 10.1. The predicted octanol–water partition coefficient (Wildman–Crippen LogP) is 3.46. The molecule has 1 N–H and O–H groups in total. The van der Waals surface area contributed by atoms with E-state index in [0.717, 1.165) is 41.9 Å². The van der Waals surface area contributed by atoms with Crippen molar-refractivity contribution >= 4 is 16.9 Å². The zero-order valence-electron chi connectivity index (χ0n) is 19.8. The third kappa shape index (κ3) is 5.20. The predicted molar refractivity (Wildman–Crippen MR) is 127 cm³/mol. The van der Waals surface area contributed by atoms with Gasteiger partial charge in [-0.3, -0.25) is 0 Å². The van der Waals surface area contributed by atoms with Gasteiger partial charge >= 0.3 is 0 Å². The fraction of sp³-hybridized carbons (Fsp3) is 0.542. The van der Waals surface area contributed by atoms with Crippen LogP contribution >= 0.6 is 0 Å². The Morgan fingerprint density at radius 2 is 1.88 bits per heavy atom. The van der Waals surface area contributed by atoms with E-state index in [1.807, 2.05) is 36.0 Å². The molecule has 0 aliphatic carbocycles. The van der Waals surface area contributed by atoms with Crippen molar-refractivity contribution in [1.29, 1.82) is 0 Å². The fourth-order valence-corrected chi connectivity index (χ4v) is 3.95. The highest BCUT2D eigenvalue weighted by Gasteiger charge is 2.22. The minimum absolute atomic E-state index is 0.159. The summed E-state index contributed by atoms with van der Waals surface area (Å²) >= 11 is 0. The summed E-state index contributed by atoms with van der Waals surface area (Å²) in [6.45, 7) is 9.28. The number of morpholine rings is 1. The highest BCUT2D eigenvalue weighted by atomic mass is 16.5. The van der Waals surface area contributed by atoms with Crippen LogP contribution in [0.25, 0.3) is 22.4 Å². The molecule has 1 unspecified atom stereocenters. The molecule has 178 valence electrons. The van der Waals surface area contributed by atoms with Crippen molar-refractivity contribution in [3.05, 3.63) is 24.4 Å². The zero-order chi connectivity index (χ0) is 23.4. The van der Waals surface area contributed by atoms with Crippen molar-refractivity contribution in [2.45, 2.75) is 45.8 Å². The lowest BCUT2D eigenvalue weighted by Crippen LogP contribution is -2.37. The topological polar surface area (TPSA) is 94.8 Å². The highest BCUT2D eigenvalue weighted by Crippen LogP contribution is 2.33. The van der Waals surface area contributed by atoms with Gasteiger partial charge in [0.2, 0.25) is 0 Å². The molecule has 0 bridgehead atoms. The number of anilines is 1. The molecule has 0 spiro atoms. The molecule has 1 fully saturated rings. The van der Waals surface area contributed by atoms with Crippen LogP contribution in [0.15, 0.2) is 24.4 Å². The lowest BCUT2D eigenvalue weighted by Gasteiger charge is -2.28. The maximum atomic E-state index is 10.1. The van der Waals surface area contributed by atoms with Gasteiger partial charge in [0, 0.05) is 30.8 Å². The van der Waals surface area contributed by atoms with Gasteiger partial charge in [-0.25, -0.2) is 14.6 Å². The number of hydrogen-bond donors (Lipinski definition) is 1.